The Kier molecular flexibility index (Phi) is 7.46. The number of amides is 1. The van der Waals surface area contributed by atoms with Gasteiger partial charge >= 0.3 is 12.4 Å². The number of hydrogen-bond acceptors (Lipinski definition) is 4. The highest BCUT2D eigenvalue weighted by Gasteiger charge is 2.34. The summed E-state index contributed by atoms with van der Waals surface area (Å²) in [6.45, 7) is -0.500. The number of carbonyl (C=O) groups is 1. The summed E-state index contributed by atoms with van der Waals surface area (Å²) in [6.07, 6.45) is -5.27. The van der Waals surface area contributed by atoms with Crippen molar-refractivity contribution in [3.63, 3.8) is 0 Å². The Bertz CT molecular complexity index is 1140. The predicted octanol–water partition coefficient (Wildman–Crippen LogP) is 3.51. The van der Waals surface area contributed by atoms with Crippen molar-refractivity contribution < 1.29 is 39.6 Å². The number of alkyl halides is 6. The van der Waals surface area contributed by atoms with E-state index in [1.165, 1.54) is 6.08 Å². The van der Waals surface area contributed by atoms with Gasteiger partial charge in [-0.2, -0.15) is 30.6 Å². The Hall–Kier alpha value is -2.80. The quantitative estimate of drug-likeness (QED) is 0.576. The Morgan fingerprint density at radius 1 is 1.15 bits per heavy atom. The van der Waals surface area contributed by atoms with Gasteiger partial charge < -0.3 is 10.6 Å². The summed E-state index contributed by atoms with van der Waals surface area (Å²) in [6, 6.07) is 3.47. The molecule has 2 aliphatic heterocycles. The van der Waals surface area contributed by atoms with E-state index >= 15 is 0 Å². The fourth-order valence-corrected chi connectivity index (χ4v) is 4.92. The number of dihydropyridines is 1. The molecule has 0 bridgehead atoms. The maximum absolute atomic E-state index is 13.0. The normalized spacial score (nSPS) is 17.9. The molecule has 2 N–H and O–H groups in total. The van der Waals surface area contributed by atoms with Crippen molar-refractivity contribution in [3.05, 3.63) is 64.9 Å². The van der Waals surface area contributed by atoms with Gasteiger partial charge in [-0.25, -0.2) is 8.42 Å². The fraction of sp³-hybridized carbons (Fsp3) is 0.381. The van der Waals surface area contributed by atoms with Crippen LogP contribution in [0.2, 0.25) is 0 Å². The highest BCUT2D eigenvalue weighted by Crippen LogP contribution is 2.32. The van der Waals surface area contributed by atoms with Crippen molar-refractivity contribution in [2.45, 2.75) is 30.1 Å². The van der Waals surface area contributed by atoms with Gasteiger partial charge in [0, 0.05) is 31.8 Å². The second-order valence-electron chi connectivity index (χ2n) is 7.56. The molecule has 186 valence electrons. The van der Waals surface area contributed by atoms with E-state index in [-0.39, 0.29) is 31.8 Å². The number of sulfonamides is 1. The molecule has 0 spiro atoms. The van der Waals surface area contributed by atoms with Crippen LogP contribution in [0.15, 0.2) is 64.2 Å². The number of nitrogens with zero attached hydrogens (tertiary/aromatic N) is 1. The number of rotatable bonds is 6. The first-order valence-corrected chi connectivity index (χ1v) is 11.6. The third-order valence-corrected chi connectivity index (χ3v) is 7.05. The maximum atomic E-state index is 13.0. The van der Waals surface area contributed by atoms with Crippen molar-refractivity contribution in [1.29, 1.82) is 0 Å². The van der Waals surface area contributed by atoms with E-state index in [1.54, 1.807) is 12.2 Å². The lowest BCUT2D eigenvalue weighted by Gasteiger charge is -2.28. The summed E-state index contributed by atoms with van der Waals surface area (Å²) in [4.78, 5) is 11.9. The summed E-state index contributed by atoms with van der Waals surface area (Å²) < 4.78 is 103. The number of benzene rings is 1. The Balaban J connectivity index is 1.77. The zero-order valence-electron chi connectivity index (χ0n) is 17.6. The summed E-state index contributed by atoms with van der Waals surface area (Å²) in [7, 11) is -4.20. The lowest BCUT2D eigenvalue weighted by Crippen LogP contribution is -2.38. The molecule has 0 unspecified atom stereocenters. The maximum Gasteiger partial charge on any atom is 0.416 e. The average molecular weight is 509 g/mol. The second-order valence-corrected chi connectivity index (χ2v) is 9.50. The summed E-state index contributed by atoms with van der Waals surface area (Å²) in [5, 5.41) is 5.03. The SMILES string of the molecule is O=C(NCCC(F)(F)F)C1=C(C2=CCN(S(=O)(=O)c3cccc(C(F)(F)F)c3)CC2)C=CCN1. The molecule has 2 heterocycles. The van der Waals surface area contributed by atoms with Gasteiger partial charge in [0.2, 0.25) is 10.0 Å². The fourth-order valence-electron chi connectivity index (χ4n) is 3.49. The summed E-state index contributed by atoms with van der Waals surface area (Å²) in [5.41, 5.74) is 0.0171. The zero-order valence-corrected chi connectivity index (χ0v) is 18.4. The van der Waals surface area contributed by atoms with Crippen molar-refractivity contribution in [2.75, 3.05) is 26.2 Å². The molecule has 3 rings (SSSR count). The van der Waals surface area contributed by atoms with Crippen LogP contribution >= 0.6 is 0 Å². The van der Waals surface area contributed by atoms with Crippen molar-refractivity contribution in [1.82, 2.24) is 14.9 Å². The summed E-state index contributed by atoms with van der Waals surface area (Å²) in [5.74, 6) is -0.719. The molecule has 0 aliphatic carbocycles. The van der Waals surface area contributed by atoms with Crippen LogP contribution in [0.3, 0.4) is 0 Å². The molecule has 1 aromatic carbocycles. The predicted molar refractivity (Wildman–Crippen MR) is 111 cm³/mol. The smallest absolute Gasteiger partial charge is 0.377 e. The van der Waals surface area contributed by atoms with Gasteiger partial charge in [0.15, 0.2) is 0 Å². The monoisotopic (exact) mass is 509 g/mol. The Morgan fingerprint density at radius 3 is 2.50 bits per heavy atom. The van der Waals surface area contributed by atoms with Gasteiger partial charge in [0.1, 0.15) is 5.70 Å². The molecule has 0 atom stereocenters. The number of nitrogens with one attached hydrogen (secondary N) is 2. The first-order valence-electron chi connectivity index (χ1n) is 10.2. The lowest BCUT2D eigenvalue weighted by molar-refractivity contribution is -0.138. The third-order valence-electron chi connectivity index (χ3n) is 5.19. The van der Waals surface area contributed by atoms with Crippen LogP contribution in [-0.2, 0) is 21.0 Å². The molecule has 0 fully saturated rings. The Labute approximate surface area is 192 Å². The van der Waals surface area contributed by atoms with Gasteiger partial charge in [-0.1, -0.05) is 24.3 Å². The van der Waals surface area contributed by atoms with Gasteiger partial charge in [-0.3, -0.25) is 4.79 Å². The minimum atomic E-state index is -4.69. The molecule has 0 saturated carbocycles. The topological polar surface area (TPSA) is 78.5 Å². The van der Waals surface area contributed by atoms with Crippen LogP contribution in [-0.4, -0.2) is 51.0 Å². The van der Waals surface area contributed by atoms with Gasteiger partial charge in [-0.05, 0) is 30.2 Å². The van der Waals surface area contributed by atoms with Crippen molar-refractivity contribution in [3.8, 4) is 0 Å². The minimum absolute atomic E-state index is 0.0509. The molecular weight excluding hydrogens is 488 g/mol. The van der Waals surface area contributed by atoms with Crippen molar-refractivity contribution in [2.24, 2.45) is 0 Å². The van der Waals surface area contributed by atoms with Gasteiger partial charge in [0.05, 0.1) is 16.9 Å². The lowest BCUT2D eigenvalue weighted by atomic mass is 9.96. The van der Waals surface area contributed by atoms with E-state index < -0.39 is 51.7 Å². The first kappa shape index (κ1) is 25.8. The van der Waals surface area contributed by atoms with Gasteiger partial charge in [0.25, 0.3) is 5.91 Å². The Morgan fingerprint density at radius 2 is 1.88 bits per heavy atom. The second kappa shape index (κ2) is 9.82. The average Bonchev–Trinajstić information content (AvgIpc) is 2.78. The molecule has 0 saturated heterocycles. The van der Waals surface area contributed by atoms with Crippen LogP contribution in [0.4, 0.5) is 26.3 Å². The molecule has 0 aromatic heterocycles. The van der Waals surface area contributed by atoms with E-state index in [4.69, 9.17) is 0 Å². The number of carbonyl (C=O) groups excluding carboxylic acids is 1. The van der Waals surface area contributed by atoms with E-state index in [1.807, 2.05) is 0 Å². The van der Waals surface area contributed by atoms with E-state index in [2.05, 4.69) is 10.6 Å². The summed E-state index contributed by atoms with van der Waals surface area (Å²) >= 11 is 0. The van der Waals surface area contributed by atoms with Crippen LogP contribution < -0.4 is 10.6 Å². The first-order chi connectivity index (χ1) is 15.8. The number of allylic oxidation sites excluding steroid dienone is 2. The molecule has 1 amide bonds. The van der Waals surface area contributed by atoms with Crippen LogP contribution in [0.25, 0.3) is 0 Å². The van der Waals surface area contributed by atoms with Crippen molar-refractivity contribution >= 4 is 15.9 Å². The van der Waals surface area contributed by atoms with Crippen LogP contribution in [0.1, 0.15) is 18.4 Å². The zero-order chi connectivity index (χ0) is 25.1. The minimum Gasteiger partial charge on any atom is -0.377 e. The van der Waals surface area contributed by atoms with Crippen LogP contribution in [0.5, 0.6) is 0 Å². The molecule has 2 aliphatic rings. The molecular formula is C21H21F6N3O3S. The highest BCUT2D eigenvalue weighted by molar-refractivity contribution is 7.89. The van der Waals surface area contributed by atoms with Crippen LogP contribution in [0, 0.1) is 0 Å². The van der Waals surface area contributed by atoms with E-state index in [0.717, 1.165) is 22.5 Å². The third kappa shape index (κ3) is 6.20. The molecule has 13 heteroatoms. The highest BCUT2D eigenvalue weighted by atomic mass is 32.2. The van der Waals surface area contributed by atoms with E-state index in [0.29, 0.717) is 17.2 Å². The molecule has 6 nitrogen and oxygen atoms in total. The number of halogens is 6. The molecule has 0 radical (unpaired) electrons. The number of hydrogen-bond donors (Lipinski definition) is 2. The molecule has 1 aromatic rings. The standard InChI is InChI=1S/C21H21F6N3O3S/c22-20(23,24)8-10-29-19(31)18-17(5-2-9-28-18)14-6-11-30(12-7-14)34(32,33)16-4-1-3-15(13-16)21(25,26)27/h1-6,13,28H,7-12H2,(H,29,31). The van der Waals surface area contributed by atoms with E-state index in [9.17, 15) is 39.6 Å². The molecule has 34 heavy (non-hydrogen) atoms. The van der Waals surface area contributed by atoms with Gasteiger partial charge in [-0.15, -0.1) is 0 Å². The largest absolute Gasteiger partial charge is 0.416 e.